The molecule has 10 nitrogen and oxygen atoms in total. The van der Waals surface area contributed by atoms with Crippen LogP contribution in [0.15, 0.2) is 53.1 Å². The van der Waals surface area contributed by atoms with Crippen molar-refractivity contribution in [1.82, 2.24) is 15.5 Å². The zero-order valence-electron chi connectivity index (χ0n) is 19.2. The van der Waals surface area contributed by atoms with Crippen LogP contribution < -0.4 is 5.32 Å². The standard InChI is InChI=1S/C24H26N4O6/c1-15(2)33-23(30)14-19(18-6-4-5-7-20(18)28(31)32)25-21(29)12-13-22-26-24(27-34-22)17-10-8-16(3)9-11-17/h4-11,15,19H,12-14H2,1-3H3,(H,25,29). The second-order valence-corrected chi connectivity index (χ2v) is 8.06. The number of hydrogen-bond acceptors (Lipinski definition) is 8. The summed E-state index contributed by atoms with van der Waals surface area (Å²) in [6.07, 6.45) is -0.432. The average Bonchev–Trinajstić information content (AvgIpc) is 3.26. The number of aryl methyl sites for hydroxylation is 2. The summed E-state index contributed by atoms with van der Waals surface area (Å²) in [5, 5.41) is 18.1. The third kappa shape index (κ3) is 6.71. The largest absolute Gasteiger partial charge is 0.463 e. The van der Waals surface area contributed by atoms with Gasteiger partial charge in [0.1, 0.15) is 0 Å². The van der Waals surface area contributed by atoms with Crippen LogP contribution in [-0.4, -0.2) is 33.0 Å². The Morgan fingerprint density at radius 2 is 1.85 bits per heavy atom. The van der Waals surface area contributed by atoms with E-state index in [4.69, 9.17) is 9.26 Å². The van der Waals surface area contributed by atoms with E-state index in [0.717, 1.165) is 11.1 Å². The second-order valence-electron chi connectivity index (χ2n) is 8.06. The maximum Gasteiger partial charge on any atom is 0.308 e. The molecule has 2 aromatic carbocycles. The highest BCUT2D eigenvalue weighted by Gasteiger charge is 2.26. The van der Waals surface area contributed by atoms with Crippen LogP contribution in [0.1, 0.15) is 49.7 Å². The van der Waals surface area contributed by atoms with Crippen molar-refractivity contribution in [3.63, 3.8) is 0 Å². The van der Waals surface area contributed by atoms with Crippen molar-refractivity contribution in [1.29, 1.82) is 0 Å². The minimum absolute atomic E-state index is 0.00805. The fraction of sp³-hybridized carbons (Fsp3) is 0.333. The van der Waals surface area contributed by atoms with Crippen molar-refractivity contribution in [2.24, 2.45) is 0 Å². The van der Waals surface area contributed by atoms with Gasteiger partial charge in [0.2, 0.25) is 17.6 Å². The molecule has 0 radical (unpaired) electrons. The SMILES string of the molecule is Cc1ccc(-c2noc(CCC(=O)NC(CC(=O)OC(C)C)c3ccccc3[N+](=O)[O-])n2)cc1. The molecule has 1 atom stereocenters. The molecular weight excluding hydrogens is 440 g/mol. The maximum atomic E-state index is 12.7. The highest BCUT2D eigenvalue weighted by molar-refractivity contribution is 5.78. The number of para-hydroxylation sites is 1. The Morgan fingerprint density at radius 3 is 2.53 bits per heavy atom. The molecule has 1 amide bonds. The molecule has 0 saturated heterocycles. The quantitative estimate of drug-likeness (QED) is 0.268. The van der Waals surface area contributed by atoms with Crippen LogP contribution >= 0.6 is 0 Å². The van der Waals surface area contributed by atoms with Gasteiger partial charge in [-0.1, -0.05) is 53.2 Å². The number of nitro groups is 1. The zero-order chi connectivity index (χ0) is 24.7. The van der Waals surface area contributed by atoms with Gasteiger partial charge in [0.05, 0.1) is 29.1 Å². The summed E-state index contributed by atoms with van der Waals surface area (Å²) < 4.78 is 10.4. The summed E-state index contributed by atoms with van der Waals surface area (Å²) in [7, 11) is 0. The van der Waals surface area contributed by atoms with Crippen LogP contribution in [0, 0.1) is 17.0 Å². The van der Waals surface area contributed by atoms with Gasteiger partial charge in [-0.3, -0.25) is 19.7 Å². The number of nitro benzene ring substituents is 1. The fourth-order valence-corrected chi connectivity index (χ4v) is 3.33. The van der Waals surface area contributed by atoms with Crippen LogP contribution in [0.25, 0.3) is 11.4 Å². The summed E-state index contributed by atoms with van der Waals surface area (Å²) in [6, 6.07) is 12.7. The van der Waals surface area contributed by atoms with Crippen molar-refractivity contribution in [3.8, 4) is 11.4 Å². The number of aromatic nitrogens is 2. The number of carbonyl (C=O) groups excluding carboxylic acids is 2. The molecule has 1 N–H and O–H groups in total. The summed E-state index contributed by atoms with van der Waals surface area (Å²) >= 11 is 0. The lowest BCUT2D eigenvalue weighted by molar-refractivity contribution is -0.385. The summed E-state index contributed by atoms with van der Waals surface area (Å²) in [4.78, 5) is 40.2. The lowest BCUT2D eigenvalue weighted by atomic mass is 10.0. The van der Waals surface area contributed by atoms with Crippen molar-refractivity contribution < 1.29 is 23.8 Å². The second kappa shape index (κ2) is 11.2. The van der Waals surface area contributed by atoms with E-state index in [2.05, 4.69) is 15.5 Å². The average molecular weight is 466 g/mol. The Labute approximate surface area is 196 Å². The molecule has 34 heavy (non-hydrogen) atoms. The van der Waals surface area contributed by atoms with Gasteiger partial charge in [0.25, 0.3) is 5.69 Å². The molecule has 0 aliphatic heterocycles. The van der Waals surface area contributed by atoms with Gasteiger partial charge in [-0.25, -0.2) is 0 Å². The number of esters is 1. The molecule has 0 spiro atoms. The van der Waals surface area contributed by atoms with E-state index in [0.29, 0.717) is 5.82 Å². The molecule has 0 aliphatic carbocycles. The Kier molecular flexibility index (Phi) is 8.07. The number of amides is 1. The lowest BCUT2D eigenvalue weighted by Gasteiger charge is -2.19. The summed E-state index contributed by atoms with van der Waals surface area (Å²) in [5.41, 5.74) is 1.94. The molecule has 10 heteroatoms. The number of nitrogens with one attached hydrogen (secondary N) is 1. The highest BCUT2D eigenvalue weighted by Crippen LogP contribution is 2.28. The van der Waals surface area contributed by atoms with Crippen molar-refractivity contribution in [2.75, 3.05) is 0 Å². The van der Waals surface area contributed by atoms with E-state index in [1.807, 2.05) is 31.2 Å². The first-order valence-corrected chi connectivity index (χ1v) is 10.8. The molecule has 3 rings (SSSR count). The molecule has 0 fully saturated rings. The Balaban J connectivity index is 1.69. The number of ether oxygens (including phenoxy) is 1. The van der Waals surface area contributed by atoms with E-state index in [1.54, 1.807) is 19.9 Å². The van der Waals surface area contributed by atoms with Crippen LogP contribution in [0.4, 0.5) is 5.69 Å². The van der Waals surface area contributed by atoms with Crippen LogP contribution in [-0.2, 0) is 20.7 Å². The molecule has 178 valence electrons. The number of hydrogen-bond donors (Lipinski definition) is 1. The van der Waals surface area contributed by atoms with Crippen LogP contribution in [0.3, 0.4) is 0 Å². The molecule has 1 heterocycles. The molecular formula is C24H26N4O6. The third-order valence-electron chi connectivity index (χ3n) is 4.93. The first-order chi connectivity index (χ1) is 16.2. The molecule has 0 aliphatic rings. The van der Waals surface area contributed by atoms with Crippen LogP contribution in [0.2, 0.25) is 0 Å². The van der Waals surface area contributed by atoms with Gasteiger partial charge >= 0.3 is 5.97 Å². The molecule has 3 aromatic rings. The summed E-state index contributed by atoms with van der Waals surface area (Å²) in [5.74, 6) is -0.287. The van der Waals surface area contributed by atoms with E-state index in [-0.39, 0.29) is 42.5 Å². The minimum Gasteiger partial charge on any atom is -0.463 e. The molecule has 1 aromatic heterocycles. The van der Waals surface area contributed by atoms with E-state index < -0.39 is 22.8 Å². The van der Waals surface area contributed by atoms with Crippen molar-refractivity contribution >= 4 is 17.6 Å². The topological polar surface area (TPSA) is 137 Å². The predicted octanol–water partition coefficient (Wildman–Crippen LogP) is 4.09. The van der Waals surface area contributed by atoms with E-state index in [1.165, 1.54) is 18.2 Å². The fourth-order valence-electron chi connectivity index (χ4n) is 3.33. The van der Waals surface area contributed by atoms with Gasteiger partial charge in [-0.05, 0) is 20.8 Å². The maximum absolute atomic E-state index is 12.7. The van der Waals surface area contributed by atoms with Crippen molar-refractivity contribution in [2.45, 2.75) is 52.2 Å². The number of carbonyl (C=O) groups is 2. The number of rotatable bonds is 10. The molecule has 0 bridgehead atoms. The minimum atomic E-state index is -0.925. The van der Waals surface area contributed by atoms with Gasteiger partial charge in [0.15, 0.2) is 0 Å². The van der Waals surface area contributed by atoms with Gasteiger partial charge in [0, 0.05) is 24.5 Å². The first kappa shape index (κ1) is 24.6. The highest BCUT2D eigenvalue weighted by atomic mass is 16.6. The molecule has 1 unspecified atom stereocenters. The zero-order valence-corrected chi connectivity index (χ0v) is 19.2. The van der Waals surface area contributed by atoms with E-state index >= 15 is 0 Å². The monoisotopic (exact) mass is 466 g/mol. The Hall–Kier alpha value is -4.08. The predicted molar refractivity (Wildman–Crippen MR) is 123 cm³/mol. The van der Waals surface area contributed by atoms with Crippen molar-refractivity contribution in [3.05, 3.63) is 75.7 Å². The van der Waals surface area contributed by atoms with Crippen LogP contribution in [0.5, 0.6) is 0 Å². The van der Waals surface area contributed by atoms with Gasteiger partial charge < -0.3 is 14.6 Å². The van der Waals surface area contributed by atoms with E-state index in [9.17, 15) is 19.7 Å². The van der Waals surface area contributed by atoms with Gasteiger partial charge in [-0.2, -0.15) is 4.98 Å². The van der Waals surface area contributed by atoms with Gasteiger partial charge in [-0.15, -0.1) is 0 Å². The number of nitrogens with zero attached hydrogens (tertiary/aromatic N) is 3. The number of benzene rings is 2. The Bertz CT molecular complexity index is 1160. The molecule has 0 saturated carbocycles. The first-order valence-electron chi connectivity index (χ1n) is 10.8. The lowest BCUT2D eigenvalue weighted by Crippen LogP contribution is -2.31. The smallest absolute Gasteiger partial charge is 0.308 e. The summed E-state index contributed by atoms with van der Waals surface area (Å²) in [6.45, 7) is 5.38. The Morgan fingerprint density at radius 1 is 1.15 bits per heavy atom. The third-order valence-corrected chi connectivity index (χ3v) is 4.93. The normalized spacial score (nSPS) is 11.8.